The zero-order chi connectivity index (χ0) is 13.8. The predicted octanol–water partition coefficient (Wildman–Crippen LogP) is 3.64. The Morgan fingerprint density at radius 1 is 1.37 bits per heavy atom. The second-order valence-corrected chi connectivity index (χ2v) is 4.94. The molecule has 0 radical (unpaired) electrons. The fraction of sp³-hybridized carbons (Fsp3) is 0.154. The second-order valence-electron chi connectivity index (χ2n) is 4.03. The highest BCUT2D eigenvalue weighted by Crippen LogP contribution is 2.28. The van der Waals surface area contributed by atoms with E-state index in [2.05, 4.69) is 20.9 Å². The molecule has 2 aromatic rings. The van der Waals surface area contributed by atoms with Crippen LogP contribution in [0.4, 0.5) is 5.69 Å². The van der Waals surface area contributed by atoms with Crippen LogP contribution in [-0.2, 0) is 6.61 Å². The maximum atomic E-state index is 10.9. The fourth-order valence-electron chi connectivity index (χ4n) is 1.59. The minimum absolute atomic E-state index is 0.0250. The zero-order valence-corrected chi connectivity index (χ0v) is 11.8. The molecule has 0 atom stereocenters. The number of rotatable bonds is 4. The molecule has 0 unspecified atom stereocenters. The van der Waals surface area contributed by atoms with E-state index in [-0.39, 0.29) is 18.0 Å². The molecule has 0 bridgehead atoms. The molecule has 5 nitrogen and oxygen atoms in total. The van der Waals surface area contributed by atoms with Gasteiger partial charge in [0.15, 0.2) is 5.75 Å². The summed E-state index contributed by atoms with van der Waals surface area (Å²) in [7, 11) is 0. The first kappa shape index (κ1) is 13.5. The van der Waals surface area contributed by atoms with Crippen molar-refractivity contribution in [1.82, 2.24) is 4.98 Å². The van der Waals surface area contributed by atoms with E-state index in [0.717, 1.165) is 15.6 Å². The molecule has 0 aliphatic heterocycles. The van der Waals surface area contributed by atoms with E-state index in [1.165, 1.54) is 6.07 Å². The van der Waals surface area contributed by atoms with Crippen LogP contribution in [0.15, 0.2) is 41.1 Å². The Balaban J connectivity index is 2.17. The van der Waals surface area contributed by atoms with Crippen molar-refractivity contribution in [3.8, 4) is 5.75 Å². The van der Waals surface area contributed by atoms with Crippen LogP contribution < -0.4 is 4.74 Å². The van der Waals surface area contributed by atoms with Crippen molar-refractivity contribution in [2.75, 3.05) is 0 Å². The average molecular weight is 323 g/mol. The van der Waals surface area contributed by atoms with E-state index in [1.807, 2.05) is 6.07 Å². The van der Waals surface area contributed by atoms with Crippen LogP contribution >= 0.6 is 15.9 Å². The predicted molar refractivity (Wildman–Crippen MR) is 74.1 cm³/mol. The lowest BCUT2D eigenvalue weighted by Gasteiger charge is -2.07. The summed E-state index contributed by atoms with van der Waals surface area (Å²) < 4.78 is 6.33. The van der Waals surface area contributed by atoms with E-state index >= 15 is 0 Å². The van der Waals surface area contributed by atoms with Crippen molar-refractivity contribution in [3.05, 3.63) is 62.4 Å². The molecule has 1 heterocycles. The average Bonchev–Trinajstić information content (AvgIpc) is 2.37. The molecule has 0 aliphatic carbocycles. The Morgan fingerprint density at radius 3 is 2.84 bits per heavy atom. The minimum Gasteiger partial charge on any atom is -0.482 e. The van der Waals surface area contributed by atoms with Crippen molar-refractivity contribution in [2.45, 2.75) is 13.5 Å². The third-order valence-electron chi connectivity index (χ3n) is 2.47. The number of ether oxygens (including phenoxy) is 1. The lowest BCUT2D eigenvalue weighted by Crippen LogP contribution is -2.00. The lowest BCUT2D eigenvalue weighted by molar-refractivity contribution is -0.386. The van der Waals surface area contributed by atoms with Gasteiger partial charge in [-0.3, -0.25) is 15.1 Å². The van der Waals surface area contributed by atoms with E-state index in [1.54, 1.807) is 31.5 Å². The Labute approximate surface area is 118 Å². The van der Waals surface area contributed by atoms with E-state index in [9.17, 15) is 10.1 Å². The number of nitro benzene ring substituents is 1. The number of nitrogens with zero attached hydrogens (tertiary/aromatic N) is 2. The van der Waals surface area contributed by atoms with Gasteiger partial charge in [-0.2, -0.15) is 0 Å². The summed E-state index contributed by atoms with van der Waals surface area (Å²) in [6.07, 6.45) is 3.32. The van der Waals surface area contributed by atoms with Crippen LogP contribution in [0.2, 0.25) is 0 Å². The number of halogens is 1. The van der Waals surface area contributed by atoms with E-state index in [4.69, 9.17) is 4.74 Å². The minimum atomic E-state index is -0.443. The largest absolute Gasteiger partial charge is 0.482 e. The van der Waals surface area contributed by atoms with Gasteiger partial charge in [-0.1, -0.05) is 6.07 Å². The van der Waals surface area contributed by atoms with Crippen LogP contribution in [0, 0.1) is 17.0 Å². The molecule has 0 saturated heterocycles. The van der Waals surface area contributed by atoms with Gasteiger partial charge in [0, 0.05) is 28.5 Å². The van der Waals surface area contributed by atoms with Crippen molar-refractivity contribution in [1.29, 1.82) is 0 Å². The molecule has 0 aliphatic rings. The van der Waals surface area contributed by atoms with Crippen molar-refractivity contribution < 1.29 is 9.66 Å². The first-order valence-corrected chi connectivity index (χ1v) is 6.33. The molecule has 0 fully saturated rings. The van der Waals surface area contributed by atoms with Crippen LogP contribution in [0.5, 0.6) is 5.75 Å². The molecular weight excluding hydrogens is 312 g/mol. The second kappa shape index (κ2) is 5.79. The highest BCUT2D eigenvalue weighted by Gasteiger charge is 2.15. The number of aromatic nitrogens is 1. The van der Waals surface area contributed by atoms with E-state index < -0.39 is 4.92 Å². The molecule has 6 heteroatoms. The van der Waals surface area contributed by atoms with Gasteiger partial charge in [0.25, 0.3) is 0 Å². The van der Waals surface area contributed by atoms with Crippen LogP contribution in [0.3, 0.4) is 0 Å². The summed E-state index contributed by atoms with van der Waals surface area (Å²) in [6.45, 7) is 2.03. The summed E-state index contributed by atoms with van der Waals surface area (Å²) in [5, 5.41) is 10.9. The molecular formula is C13H11BrN2O3. The summed E-state index contributed by atoms with van der Waals surface area (Å²) >= 11 is 3.31. The maximum absolute atomic E-state index is 10.9. The lowest BCUT2D eigenvalue weighted by atomic mass is 10.2. The van der Waals surface area contributed by atoms with Crippen LogP contribution in [0.1, 0.15) is 11.1 Å². The third-order valence-corrected chi connectivity index (χ3v) is 2.90. The number of benzene rings is 1. The van der Waals surface area contributed by atoms with E-state index in [0.29, 0.717) is 0 Å². The van der Waals surface area contributed by atoms with Gasteiger partial charge in [-0.25, -0.2) is 0 Å². The van der Waals surface area contributed by atoms with Gasteiger partial charge in [-0.05, 0) is 40.5 Å². The summed E-state index contributed by atoms with van der Waals surface area (Å²) in [4.78, 5) is 14.5. The van der Waals surface area contributed by atoms with Gasteiger partial charge >= 0.3 is 5.69 Å². The number of aryl methyl sites for hydroxylation is 1. The third kappa shape index (κ3) is 3.51. The summed E-state index contributed by atoms with van der Waals surface area (Å²) in [6, 6.07) is 6.74. The Hall–Kier alpha value is -1.95. The van der Waals surface area contributed by atoms with Crippen LogP contribution in [0.25, 0.3) is 0 Å². The quantitative estimate of drug-likeness (QED) is 0.636. The molecule has 1 aromatic heterocycles. The van der Waals surface area contributed by atoms with Gasteiger partial charge < -0.3 is 4.74 Å². The summed E-state index contributed by atoms with van der Waals surface area (Å²) in [5.41, 5.74) is 1.63. The molecule has 98 valence electrons. The Kier molecular flexibility index (Phi) is 4.11. The highest BCUT2D eigenvalue weighted by atomic mass is 79.9. The molecule has 1 aromatic carbocycles. The summed E-state index contributed by atoms with van der Waals surface area (Å²) in [5.74, 6) is 0.260. The number of nitro groups is 1. The maximum Gasteiger partial charge on any atom is 0.311 e. The number of pyridine rings is 1. The Bertz CT molecular complexity index is 617. The molecule has 0 N–H and O–H groups in total. The van der Waals surface area contributed by atoms with Crippen LogP contribution in [-0.4, -0.2) is 9.91 Å². The first-order valence-electron chi connectivity index (χ1n) is 5.53. The number of hydrogen-bond donors (Lipinski definition) is 0. The first-order chi connectivity index (χ1) is 9.06. The van der Waals surface area contributed by atoms with Gasteiger partial charge in [0.2, 0.25) is 0 Å². The van der Waals surface area contributed by atoms with Gasteiger partial charge in [-0.15, -0.1) is 0 Å². The highest BCUT2D eigenvalue weighted by molar-refractivity contribution is 9.10. The molecule has 2 rings (SSSR count). The zero-order valence-electron chi connectivity index (χ0n) is 10.2. The molecule has 0 saturated carbocycles. The molecule has 0 spiro atoms. The monoisotopic (exact) mass is 322 g/mol. The SMILES string of the molecule is Cc1ccc(OCc2cncc(Br)c2)c([N+](=O)[O-])c1. The van der Waals surface area contributed by atoms with Gasteiger partial charge in [0.05, 0.1) is 4.92 Å². The van der Waals surface area contributed by atoms with Crippen molar-refractivity contribution in [2.24, 2.45) is 0 Å². The molecule has 0 amide bonds. The fourth-order valence-corrected chi connectivity index (χ4v) is 2.00. The Morgan fingerprint density at radius 2 is 2.16 bits per heavy atom. The number of hydrogen-bond acceptors (Lipinski definition) is 4. The topological polar surface area (TPSA) is 65.3 Å². The standard InChI is InChI=1S/C13H11BrN2O3/c1-9-2-3-13(12(4-9)16(17)18)19-8-10-5-11(14)7-15-6-10/h2-7H,8H2,1H3. The van der Waals surface area contributed by atoms with Crippen molar-refractivity contribution >= 4 is 21.6 Å². The molecule has 19 heavy (non-hydrogen) atoms. The van der Waals surface area contributed by atoms with Crippen molar-refractivity contribution in [3.63, 3.8) is 0 Å². The van der Waals surface area contributed by atoms with Gasteiger partial charge in [0.1, 0.15) is 6.61 Å². The normalized spacial score (nSPS) is 10.2. The smallest absolute Gasteiger partial charge is 0.311 e.